The van der Waals surface area contributed by atoms with Gasteiger partial charge >= 0.3 is 0 Å². The van der Waals surface area contributed by atoms with Crippen LogP contribution in [-0.2, 0) is 5.60 Å². The summed E-state index contributed by atoms with van der Waals surface area (Å²) >= 11 is 0. The van der Waals surface area contributed by atoms with Crippen LogP contribution >= 0.6 is 0 Å². The molecule has 96 valence electrons. The van der Waals surface area contributed by atoms with Crippen LogP contribution < -0.4 is 0 Å². The van der Waals surface area contributed by atoms with Crippen LogP contribution in [0.15, 0.2) is 30.3 Å². The highest BCUT2D eigenvalue weighted by Crippen LogP contribution is 2.71. The first kappa shape index (κ1) is 11.0. The van der Waals surface area contributed by atoms with Gasteiger partial charge in [0, 0.05) is 5.41 Å². The number of hydrogen-bond donors (Lipinski definition) is 1. The van der Waals surface area contributed by atoms with Gasteiger partial charge in [-0.15, -0.1) is 0 Å². The van der Waals surface area contributed by atoms with Crippen molar-refractivity contribution in [2.45, 2.75) is 50.5 Å². The summed E-state index contributed by atoms with van der Waals surface area (Å²) in [5.74, 6) is 1.30. The van der Waals surface area contributed by atoms with E-state index in [4.69, 9.17) is 0 Å². The van der Waals surface area contributed by atoms with E-state index >= 15 is 0 Å². The van der Waals surface area contributed by atoms with E-state index < -0.39 is 5.60 Å². The predicted octanol–water partition coefficient (Wildman–Crippen LogP) is 3.86. The van der Waals surface area contributed by atoms with Crippen molar-refractivity contribution in [2.75, 3.05) is 0 Å². The van der Waals surface area contributed by atoms with E-state index in [-0.39, 0.29) is 5.41 Å². The molecule has 1 N–H and O–H groups in total. The van der Waals surface area contributed by atoms with Crippen molar-refractivity contribution in [1.29, 1.82) is 0 Å². The molecule has 3 aliphatic carbocycles. The Bertz CT molecular complexity index is 446. The van der Waals surface area contributed by atoms with Gasteiger partial charge in [-0.05, 0) is 49.5 Å². The Morgan fingerprint density at radius 1 is 0.944 bits per heavy atom. The van der Waals surface area contributed by atoms with Crippen molar-refractivity contribution >= 4 is 0 Å². The van der Waals surface area contributed by atoms with E-state index in [0.29, 0.717) is 5.92 Å². The molecule has 1 aromatic carbocycles. The topological polar surface area (TPSA) is 20.2 Å². The molecule has 0 radical (unpaired) electrons. The maximum absolute atomic E-state index is 11.6. The minimum absolute atomic E-state index is 0.220. The van der Waals surface area contributed by atoms with Gasteiger partial charge in [0.25, 0.3) is 0 Å². The van der Waals surface area contributed by atoms with Crippen LogP contribution in [0.1, 0.15) is 50.5 Å². The van der Waals surface area contributed by atoms with Crippen LogP contribution in [0.5, 0.6) is 0 Å². The Kier molecular flexibility index (Phi) is 2.21. The van der Waals surface area contributed by atoms with E-state index in [9.17, 15) is 5.11 Å². The molecule has 3 atom stereocenters. The van der Waals surface area contributed by atoms with Crippen molar-refractivity contribution in [1.82, 2.24) is 0 Å². The van der Waals surface area contributed by atoms with Crippen molar-refractivity contribution in [3.05, 3.63) is 35.9 Å². The lowest BCUT2D eigenvalue weighted by molar-refractivity contribution is -0.128. The fraction of sp³-hybridized carbons (Fsp3) is 0.647. The van der Waals surface area contributed by atoms with E-state index in [1.165, 1.54) is 50.5 Å². The van der Waals surface area contributed by atoms with Crippen LogP contribution in [0.25, 0.3) is 0 Å². The molecular weight excluding hydrogens is 220 g/mol. The fourth-order valence-corrected chi connectivity index (χ4v) is 5.59. The van der Waals surface area contributed by atoms with Gasteiger partial charge in [0.15, 0.2) is 0 Å². The molecule has 0 amide bonds. The number of benzene rings is 1. The third-order valence-corrected chi connectivity index (χ3v) is 6.27. The van der Waals surface area contributed by atoms with Crippen LogP contribution in [0.3, 0.4) is 0 Å². The highest BCUT2D eigenvalue weighted by atomic mass is 16.3. The Morgan fingerprint density at radius 2 is 1.61 bits per heavy atom. The summed E-state index contributed by atoms with van der Waals surface area (Å²) in [7, 11) is 0. The monoisotopic (exact) mass is 242 g/mol. The van der Waals surface area contributed by atoms with Gasteiger partial charge in [-0.25, -0.2) is 0 Å². The Morgan fingerprint density at radius 3 is 2.33 bits per heavy atom. The predicted molar refractivity (Wildman–Crippen MR) is 72.1 cm³/mol. The lowest BCUT2D eigenvalue weighted by Crippen LogP contribution is -2.48. The number of fused-ring (bicyclic) bond motifs is 3. The third kappa shape index (κ3) is 1.12. The number of hydrogen-bond acceptors (Lipinski definition) is 1. The van der Waals surface area contributed by atoms with Crippen molar-refractivity contribution in [3.8, 4) is 0 Å². The molecular formula is C17H22O. The maximum atomic E-state index is 11.6. The van der Waals surface area contributed by atoms with Crippen LogP contribution in [0.2, 0.25) is 0 Å². The van der Waals surface area contributed by atoms with E-state index in [0.717, 1.165) is 5.92 Å². The smallest absolute Gasteiger partial charge is 0.0983 e. The molecule has 0 saturated heterocycles. The Hall–Kier alpha value is -0.820. The largest absolute Gasteiger partial charge is 0.384 e. The molecule has 1 nitrogen and oxygen atoms in total. The third-order valence-electron chi connectivity index (χ3n) is 6.27. The molecule has 0 aliphatic heterocycles. The molecule has 4 rings (SSSR count). The zero-order chi connectivity index (χ0) is 12.2. The zero-order valence-corrected chi connectivity index (χ0v) is 10.9. The van der Waals surface area contributed by atoms with E-state index in [1.807, 2.05) is 0 Å². The molecule has 3 saturated carbocycles. The first-order valence-corrected chi connectivity index (χ1v) is 7.55. The summed E-state index contributed by atoms with van der Waals surface area (Å²) in [5.41, 5.74) is 0.893. The van der Waals surface area contributed by atoms with Crippen molar-refractivity contribution in [2.24, 2.45) is 17.3 Å². The highest BCUT2D eigenvalue weighted by molar-refractivity contribution is 5.32. The average Bonchev–Trinajstić information content (AvgIpc) is 3.11. The lowest BCUT2D eigenvalue weighted by atomic mass is 9.59. The molecule has 1 heteroatoms. The first-order valence-electron chi connectivity index (χ1n) is 7.55. The second-order valence-corrected chi connectivity index (χ2v) is 6.70. The van der Waals surface area contributed by atoms with Gasteiger partial charge in [-0.1, -0.05) is 43.2 Å². The Balaban J connectivity index is 1.87. The first-order chi connectivity index (χ1) is 8.77. The van der Waals surface area contributed by atoms with Gasteiger partial charge in [-0.3, -0.25) is 0 Å². The molecule has 3 aliphatic rings. The van der Waals surface area contributed by atoms with Gasteiger partial charge in [0.05, 0.1) is 5.60 Å². The number of rotatable bonds is 1. The molecule has 1 spiro atoms. The van der Waals surface area contributed by atoms with Crippen LogP contribution in [0, 0.1) is 17.3 Å². The minimum atomic E-state index is -0.520. The zero-order valence-electron chi connectivity index (χ0n) is 10.9. The van der Waals surface area contributed by atoms with Gasteiger partial charge in [0.2, 0.25) is 0 Å². The summed E-state index contributed by atoms with van der Waals surface area (Å²) in [6, 6.07) is 10.5. The Labute approximate surface area is 109 Å². The summed E-state index contributed by atoms with van der Waals surface area (Å²) < 4.78 is 0. The molecule has 3 fully saturated rings. The molecule has 18 heavy (non-hydrogen) atoms. The van der Waals surface area contributed by atoms with Crippen LogP contribution in [-0.4, -0.2) is 5.11 Å². The average molecular weight is 242 g/mol. The highest BCUT2D eigenvalue weighted by Gasteiger charge is 2.67. The summed E-state index contributed by atoms with van der Waals surface area (Å²) in [4.78, 5) is 0. The van der Waals surface area contributed by atoms with Crippen molar-refractivity contribution in [3.63, 3.8) is 0 Å². The minimum Gasteiger partial charge on any atom is -0.384 e. The SMILES string of the molecule is O[C@]1(c2ccccc2)[C@@H]2CC[C@@H](C2)C12CCCC2. The standard InChI is InChI=1S/C17H22O/c18-17(13-6-2-1-3-7-13)15-9-8-14(12-15)16(17)10-4-5-11-16/h1-3,6-7,14-15,18H,4-5,8-12H2/t14-,15+,17+/m0/s1. The maximum Gasteiger partial charge on any atom is 0.0983 e. The quantitative estimate of drug-likeness (QED) is 0.792. The lowest BCUT2D eigenvalue weighted by Gasteiger charge is -2.49. The van der Waals surface area contributed by atoms with Crippen molar-refractivity contribution < 1.29 is 5.11 Å². The molecule has 2 bridgehead atoms. The van der Waals surface area contributed by atoms with Gasteiger partial charge in [0.1, 0.15) is 0 Å². The molecule has 1 aromatic rings. The van der Waals surface area contributed by atoms with Crippen LogP contribution in [0.4, 0.5) is 0 Å². The molecule has 0 aromatic heterocycles. The van der Waals surface area contributed by atoms with Gasteiger partial charge in [-0.2, -0.15) is 0 Å². The van der Waals surface area contributed by atoms with E-state index in [2.05, 4.69) is 30.3 Å². The summed E-state index contributed by atoms with van der Waals surface area (Å²) in [5, 5.41) is 11.6. The number of aliphatic hydroxyl groups is 1. The molecule has 0 unspecified atom stereocenters. The molecule has 0 heterocycles. The second kappa shape index (κ2) is 3.60. The fourth-order valence-electron chi connectivity index (χ4n) is 5.59. The van der Waals surface area contributed by atoms with Gasteiger partial charge < -0.3 is 5.11 Å². The second-order valence-electron chi connectivity index (χ2n) is 6.70. The normalized spacial score (nSPS) is 40.7. The van der Waals surface area contributed by atoms with E-state index in [1.54, 1.807) is 0 Å². The summed E-state index contributed by atoms with van der Waals surface area (Å²) in [6.45, 7) is 0. The summed E-state index contributed by atoms with van der Waals surface area (Å²) in [6.07, 6.45) is 9.00.